The zero-order valence-corrected chi connectivity index (χ0v) is 49.8. The van der Waals surface area contributed by atoms with Gasteiger partial charge >= 0.3 is 23.3 Å². The first-order valence-electron chi connectivity index (χ1n) is 26.0. The van der Waals surface area contributed by atoms with E-state index >= 15 is 9.59 Å². The smallest absolute Gasteiger partial charge is 0.340 e. The number of methoxy groups -OCH3 is 3. The van der Waals surface area contributed by atoms with E-state index < -0.39 is 46.6 Å². The lowest BCUT2D eigenvalue weighted by Gasteiger charge is -2.29. The number of rotatable bonds is 18. The zero-order valence-electron chi connectivity index (χ0n) is 45.0. The summed E-state index contributed by atoms with van der Waals surface area (Å²) in [6.45, 7) is 6.96. The molecule has 2 fully saturated rings. The molecule has 2 saturated heterocycles. The summed E-state index contributed by atoms with van der Waals surface area (Å²) in [6.07, 6.45) is 3.07. The van der Waals surface area contributed by atoms with Crippen LogP contribution in [0, 0.1) is 13.8 Å². The van der Waals surface area contributed by atoms with Gasteiger partial charge in [-0.3, -0.25) is 28.7 Å². The highest BCUT2D eigenvalue weighted by Crippen LogP contribution is 2.39. The van der Waals surface area contributed by atoms with E-state index in [4.69, 9.17) is 37.9 Å². The molecule has 2 aliphatic heterocycles. The summed E-state index contributed by atoms with van der Waals surface area (Å²) in [4.78, 5) is 98.4. The second kappa shape index (κ2) is 24.8. The maximum atomic E-state index is 15.2. The third-order valence-electron chi connectivity index (χ3n) is 14.4. The van der Waals surface area contributed by atoms with Crippen molar-refractivity contribution in [2.75, 3.05) is 54.4 Å². The van der Waals surface area contributed by atoms with Crippen molar-refractivity contribution >= 4 is 86.9 Å². The second-order valence-electron chi connectivity index (χ2n) is 19.2. The Morgan fingerprint density at radius 2 is 1.05 bits per heavy atom. The van der Waals surface area contributed by atoms with Crippen molar-refractivity contribution in [1.29, 1.82) is 0 Å². The molecule has 81 heavy (non-hydrogen) atoms. The number of benzene rings is 2. The number of aromatic nitrogens is 6. The van der Waals surface area contributed by atoms with Crippen LogP contribution < -0.4 is 32.0 Å². The lowest BCUT2D eigenvalue weighted by Crippen LogP contribution is -2.40. The van der Waals surface area contributed by atoms with Crippen molar-refractivity contribution < 1.29 is 47.5 Å². The van der Waals surface area contributed by atoms with E-state index in [1.165, 1.54) is 56.3 Å². The Balaban J connectivity index is 1.12. The first kappa shape index (κ1) is 57.6. The van der Waals surface area contributed by atoms with Gasteiger partial charge in [-0.15, -0.1) is 22.7 Å². The summed E-state index contributed by atoms with van der Waals surface area (Å²) in [5.74, 6) is -0.795. The van der Waals surface area contributed by atoms with Crippen LogP contribution in [0.3, 0.4) is 0 Å². The number of ether oxygens (including phenoxy) is 8. The van der Waals surface area contributed by atoms with E-state index in [-0.39, 0.29) is 76.6 Å². The van der Waals surface area contributed by atoms with Crippen molar-refractivity contribution in [1.82, 2.24) is 28.2 Å². The Hall–Kier alpha value is -6.64. The summed E-state index contributed by atoms with van der Waals surface area (Å²) in [7, 11) is 4.25. The number of nitrogens with zero attached hydrogens (tertiary/aromatic N) is 6. The molecule has 2 aromatic carbocycles. The molecule has 0 aliphatic carbocycles. The standard InChI is InChI=1S/C57H56Br2N6O14S2/c1-7-77-55(69)39-25-33(65-51(67)45-31(3)49(59)81-53(45)63(57(65)71)29-43(79-35-18-22-76-23-19-35)37-13-9-11-15-41(37)73-5)27-61-47(39)46-38(54(68)74-6)24-32(26-60-46)64-50(66)44-30(2)48(58)80-52(44)62(56(64)70)28-42(78-34-16-20-75-21-17-34)36-12-8-10-14-40(36)72-4/h8-15,24-27,34-35,42-43H,7,16-23,28-29H2,1-6H3/t42-,43-/m0/s1. The van der Waals surface area contributed by atoms with E-state index in [1.807, 2.05) is 48.5 Å². The number of halogens is 2. The quantitative estimate of drug-likeness (QED) is 0.0731. The van der Waals surface area contributed by atoms with Gasteiger partial charge in [0.15, 0.2) is 0 Å². The molecule has 424 valence electrons. The lowest BCUT2D eigenvalue weighted by molar-refractivity contribution is -0.0755. The Morgan fingerprint density at radius 1 is 0.642 bits per heavy atom. The molecule has 24 heteroatoms. The molecular formula is C57H56Br2N6O14S2. The summed E-state index contributed by atoms with van der Waals surface area (Å²) in [6, 6.07) is 17.3. The summed E-state index contributed by atoms with van der Waals surface area (Å²) in [5, 5.41) is 0.476. The Kier molecular flexibility index (Phi) is 17.7. The molecule has 2 aliphatic rings. The highest BCUT2D eigenvalue weighted by Gasteiger charge is 2.32. The molecular weight excluding hydrogens is 1220 g/mol. The number of esters is 2. The van der Waals surface area contributed by atoms with Gasteiger partial charge in [0, 0.05) is 37.6 Å². The van der Waals surface area contributed by atoms with Crippen LogP contribution >= 0.6 is 54.5 Å². The van der Waals surface area contributed by atoms with Gasteiger partial charge in [0.25, 0.3) is 11.1 Å². The van der Waals surface area contributed by atoms with E-state index in [1.54, 1.807) is 35.0 Å². The van der Waals surface area contributed by atoms with Gasteiger partial charge in [-0.05, 0) is 114 Å². The molecule has 20 nitrogen and oxygen atoms in total. The van der Waals surface area contributed by atoms with Gasteiger partial charge in [-0.25, -0.2) is 28.3 Å². The summed E-state index contributed by atoms with van der Waals surface area (Å²) < 4.78 is 53.2. The van der Waals surface area contributed by atoms with Crippen LogP contribution in [0.1, 0.15) is 87.8 Å². The highest BCUT2D eigenvalue weighted by atomic mass is 79.9. The second-order valence-corrected chi connectivity index (χ2v) is 23.8. The first-order chi connectivity index (χ1) is 39.2. The largest absolute Gasteiger partial charge is 0.496 e. The van der Waals surface area contributed by atoms with Crippen LogP contribution in [0.4, 0.5) is 0 Å². The number of carbonyl (C=O) groups excluding carboxylic acids is 2. The number of aryl methyl sites for hydroxylation is 2. The molecule has 0 bridgehead atoms. The van der Waals surface area contributed by atoms with Crippen LogP contribution in [-0.4, -0.2) is 107 Å². The van der Waals surface area contributed by atoms with Gasteiger partial charge in [-0.1, -0.05) is 36.4 Å². The molecule has 0 amide bonds. The average Bonchev–Trinajstić information content (AvgIpc) is 4.10. The van der Waals surface area contributed by atoms with E-state index in [2.05, 4.69) is 41.8 Å². The number of thiophene rings is 2. The Labute approximate surface area is 488 Å². The number of para-hydroxylation sites is 2. The fraction of sp³-hybridized carbons (Fsp3) is 0.368. The molecule has 8 aromatic rings. The molecule has 0 unspecified atom stereocenters. The van der Waals surface area contributed by atoms with Crippen LogP contribution in [-0.2, 0) is 41.5 Å². The normalized spacial score (nSPS) is 15.0. The van der Waals surface area contributed by atoms with Crippen molar-refractivity contribution in [3.63, 3.8) is 0 Å². The maximum Gasteiger partial charge on any atom is 0.340 e. The minimum atomic E-state index is -0.958. The lowest BCUT2D eigenvalue weighted by atomic mass is 10.0. The fourth-order valence-corrected chi connectivity index (χ4v) is 13.7. The Bertz CT molecular complexity index is 3970. The van der Waals surface area contributed by atoms with Crippen LogP contribution in [0.25, 0.3) is 43.2 Å². The van der Waals surface area contributed by atoms with E-state index in [0.29, 0.717) is 103 Å². The predicted molar refractivity (Wildman–Crippen MR) is 311 cm³/mol. The van der Waals surface area contributed by atoms with Crippen molar-refractivity contribution in [2.45, 2.75) is 84.0 Å². The molecule has 10 rings (SSSR count). The number of fused-ring (bicyclic) bond motifs is 2. The predicted octanol–water partition coefficient (Wildman–Crippen LogP) is 9.19. The maximum absolute atomic E-state index is 15.2. The molecule has 6 aromatic heterocycles. The molecule has 0 saturated carbocycles. The molecule has 8 heterocycles. The number of hydrogen-bond donors (Lipinski definition) is 0. The molecule has 0 N–H and O–H groups in total. The van der Waals surface area contributed by atoms with Crippen LogP contribution in [0.15, 0.2) is 99.8 Å². The Morgan fingerprint density at radius 3 is 1.44 bits per heavy atom. The van der Waals surface area contributed by atoms with Gasteiger partial charge in [0.2, 0.25) is 0 Å². The third-order valence-corrected chi connectivity index (χ3v) is 18.8. The van der Waals surface area contributed by atoms with E-state index in [0.717, 1.165) is 16.2 Å². The van der Waals surface area contributed by atoms with E-state index in [9.17, 15) is 19.2 Å². The zero-order chi connectivity index (χ0) is 57.2. The SMILES string of the molecule is CCOC(=O)c1cc(-n2c(=O)c3c(C)c(Br)sc3n(C[C@H](OC3CCOCC3)c3ccccc3OC)c2=O)cnc1-c1ncc(-n2c(=O)c3c(C)c(Br)sc3n(C[C@H](OC3CCOCC3)c3ccccc3OC)c2=O)cc1C(=O)OC. The van der Waals surface area contributed by atoms with Gasteiger partial charge in [-0.2, -0.15) is 0 Å². The fourth-order valence-electron chi connectivity index (χ4n) is 10.3. The topological polar surface area (TPSA) is 222 Å². The summed E-state index contributed by atoms with van der Waals surface area (Å²) in [5.41, 5.74) is -1.53. The molecule has 2 atom stereocenters. The number of pyridine rings is 2. The minimum absolute atomic E-state index is 0.0501. The van der Waals surface area contributed by atoms with Crippen LogP contribution in [0.2, 0.25) is 0 Å². The van der Waals surface area contributed by atoms with Gasteiger partial charge in [0.05, 0.1) is 106 Å². The van der Waals surface area contributed by atoms with Crippen molar-refractivity contribution in [3.05, 3.63) is 156 Å². The van der Waals surface area contributed by atoms with Gasteiger partial charge < -0.3 is 37.9 Å². The monoisotopic (exact) mass is 1270 g/mol. The van der Waals surface area contributed by atoms with Gasteiger partial charge in [0.1, 0.15) is 44.8 Å². The highest BCUT2D eigenvalue weighted by molar-refractivity contribution is 9.11. The summed E-state index contributed by atoms with van der Waals surface area (Å²) >= 11 is 9.66. The van der Waals surface area contributed by atoms with Crippen molar-refractivity contribution in [3.8, 4) is 34.3 Å². The third kappa shape index (κ3) is 11.2. The minimum Gasteiger partial charge on any atom is -0.496 e. The first-order valence-corrected chi connectivity index (χ1v) is 29.3. The average molecular weight is 1270 g/mol. The van der Waals surface area contributed by atoms with Crippen molar-refractivity contribution in [2.24, 2.45) is 0 Å². The molecule has 0 radical (unpaired) electrons. The van der Waals surface area contributed by atoms with Crippen LogP contribution in [0.5, 0.6) is 11.5 Å². The molecule has 0 spiro atoms. The number of carbonyl (C=O) groups is 2. The number of hydrogen-bond acceptors (Lipinski definition) is 18.